The second kappa shape index (κ2) is 8.40. The number of hydrogen-bond acceptors (Lipinski definition) is 6. The first kappa shape index (κ1) is 21.5. The summed E-state index contributed by atoms with van der Waals surface area (Å²) in [5.74, 6) is 0.672. The van der Waals surface area contributed by atoms with E-state index in [2.05, 4.69) is 30.5 Å². The molecule has 0 aliphatic rings. The van der Waals surface area contributed by atoms with E-state index in [-0.39, 0.29) is 5.56 Å². The van der Waals surface area contributed by atoms with E-state index >= 15 is 0 Å². The van der Waals surface area contributed by atoms with E-state index in [4.69, 9.17) is 0 Å². The summed E-state index contributed by atoms with van der Waals surface area (Å²) in [5.41, 5.74) is 2.34. The molecule has 166 valence electrons. The van der Waals surface area contributed by atoms with Gasteiger partial charge in [-0.2, -0.15) is 23.4 Å². The van der Waals surface area contributed by atoms with Gasteiger partial charge in [0.05, 0.1) is 24.1 Å². The molecule has 4 aromatic rings. The molecule has 0 aliphatic heterocycles. The maximum absolute atomic E-state index is 13.4. The van der Waals surface area contributed by atoms with Crippen LogP contribution in [-0.4, -0.2) is 41.1 Å². The minimum Gasteiger partial charge on any atom is -0.368 e. The zero-order chi connectivity index (χ0) is 22.9. The SMILES string of the molecule is Cc1nn(CCNc2ccc(-c3cnccn3)cn2)c(C)c1-c1cn(C)nc1C(F)(F)F. The number of anilines is 1. The molecule has 8 nitrogen and oxygen atoms in total. The van der Waals surface area contributed by atoms with E-state index < -0.39 is 11.9 Å². The van der Waals surface area contributed by atoms with Crippen molar-refractivity contribution in [3.05, 3.63) is 60.2 Å². The number of nitrogens with one attached hydrogen (secondary N) is 1. The van der Waals surface area contributed by atoms with Gasteiger partial charge in [0.2, 0.25) is 0 Å². The van der Waals surface area contributed by atoms with E-state index in [0.717, 1.165) is 11.3 Å². The van der Waals surface area contributed by atoms with Gasteiger partial charge in [0.25, 0.3) is 0 Å². The van der Waals surface area contributed by atoms with Crippen LogP contribution in [0, 0.1) is 13.8 Å². The van der Waals surface area contributed by atoms with Gasteiger partial charge in [-0.1, -0.05) is 0 Å². The highest BCUT2D eigenvalue weighted by atomic mass is 19.4. The molecule has 0 aromatic carbocycles. The number of nitrogens with zero attached hydrogens (tertiary/aromatic N) is 7. The van der Waals surface area contributed by atoms with Crippen LogP contribution in [-0.2, 0) is 19.8 Å². The third-order valence-electron chi connectivity index (χ3n) is 5.00. The largest absolute Gasteiger partial charge is 0.435 e. The molecule has 0 amide bonds. The molecule has 0 fully saturated rings. The van der Waals surface area contributed by atoms with Gasteiger partial charge in [0.1, 0.15) is 5.82 Å². The smallest absolute Gasteiger partial charge is 0.368 e. The van der Waals surface area contributed by atoms with Crippen LogP contribution in [0.4, 0.5) is 19.0 Å². The Morgan fingerprint density at radius 1 is 1.03 bits per heavy atom. The van der Waals surface area contributed by atoms with Gasteiger partial charge in [-0.05, 0) is 26.0 Å². The summed E-state index contributed by atoms with van der Waals surface area (Å²) in [5, 5.41) is 11.2. The predicted octanol–water partition coefficient (Wildman–Crippen LogP) is 3.88. The number of halogens is 3. The molecule has 0 saturated heterocycles. The molecule has 4 heterocycles. The van der Waals surface area contributed by atoms with Crippen molar-refractivity contribution in [2.75, 3.05) is 11.9 Å². The molecule has 4 rings (SSSR count). The summed E-state index contributed by atoms with van der Waals surface area (Å²) in [6.07, 6.45) is 3.43. The number of alkyl halides is 3. The summed E-state index contributed by atoms with van der Waals surface area (Å²) in [6, 6.07) is 3.73. The fourth-order valence-corrected chi connectivity index (χ4v) is 3.57. The highest BCUT2D eigenvalue weighted by Gasteiger charge is 2.38. The lowest BCUT2D eigenvalue weighted by Gasteiger charge is -2.09. The quantitative estimate of drug-likeness (QED) is 0.488. The monoisotopic (exact) mass is 442 g/mol. The Kier molecular flexibility index (Phi) is 5.64. The molecule has 11 heteroatoms. The second-order valence-corrected chi connectivity index (χ2v) is 7.28. The van der Waals surface area contributed by atoms with Crippen LogP contribution in [0.15, 0.2) is 43.1 Å². The predicted molar refractivity (Wildman–Crippen MR) is 113 cm³/mol. The van der Waals surface area contributed by atoms with E-state index in [1.165, 1.54) is 17.9 Å². The van der Waals surface area contributed by atoms with Gasteiger partial charge in [-0.25, -0.2) is 4.98 Å². The van der Waals surface area contributed by atoms with Crippen molar-refractivity contribution in [1.29, 1.82) is 0 Å². The summed E-state index contributed by atoms with van der Waals surface area (Å²) in [4.78, 5) is 12.7. The van der Waals surface area contributed by atoms with Crippen molar-refractivity contribution in [3.8, 4) is 22.4 Å². The molecule has 1 N–H and O–H groups in total. The first-order valence-electron chi connectivity index (χ1n) is 9.85. The average molecular weight is 442 g/mol. The molecule has 0 radical (unpaired) electrons. The molecule has 0 atom stereocenters. The molecule has 32 heavy (non-hydrogen) atoms. The highest BCUT2D eigenvalue weighted by Crippen LogP contribution is 2.38. The van der Waals surface area contributed by atoms with Gasteiger partial charge in [0.15, 0.2) is 5.69 Å². The number of aromatic nitrogens is 7. The number of aryl methyl sites for hydroxylation is 2. The van der Waals surface area contributed by atoms with Crippen molar-refractivity contribution in [2.45, 2.75) is 26.6 Å². The van der Waals surface area contributed by atoms with Gasteiger partial charge < -0.3 is 5.32 Å². The first-order valence-corrected chi connectivity index (χ1v) is 9.85. The van der Waals surface area contributed by atoms with Crippen LogP contribution in [0.1, 0.15) is 17.1 Å². The van der Waals surface area contributed by atoms with E-state index in [0.29, 0.717) is 35.9 Å². The Hall–Kier alpha value is -3.76. The van der Waals surface area contributed by atoms with Crippen molar-refractivity contribution in [3.63, 3.8) is 0 Å². The number of rotatable bonds is 6. The highest BCUT2D eigenvalue weighted by molar-refractivity contribution is 5.70. The minimum atomic E-state index is -4.54. The zero-order valence-electron chi connectivity index (χ0n) is 17.7. The second-order valence-electron chi connectivity index (χ2n) is 7.28. The fourth-order valence-electron chi connectivity index (χ4n) is 3.57. The Labute approximate surface area is 182 Å². The summed E-state index contributed by atoms with van der Waals surface area (Å²) in [6.45, 7) is 4.42. The molecule has 0 unspecified atom stereocenters. The molecule has 0 aliphatic carbocycles. The van der Waals surface area contributed by atoms with Crippen LogP contribution in [0.5, 0.6) is 0 Å². The molecule has 0 spiro atoms. The molecule has 4 aromatic heterocycles. The van der Waals surface area contributed by atoms with Gasteiger partial charge in [0, 0.05) is 60.8 Å². The molecular formula is C21H21F3N8. The Balaban J connectivity index is 1.47. The lowest BCUT2D eigenvalue weighted by Crippen LogP contribution is -2.13. The first-order chi connectivity index (χ1) is 15.2. The van der Waals surface area contributed by atoms with Crippen LogP contribution in [0.3, 0.4) is 0 Å². The normalized spacial score (nSPS) is 11.7. The van der Waals surface area contributed by atoms with Crippen molar-refractivity contribution in [2.24, 2.45) is 7.05 Å². The summed E-state index contributed by atoms with van der Waals surface area (Å²) in [7, 11) is 1.47. The molecule has 0 saturated carbocycles. The third-order valence-corrected chi connectivity index (χ3v) is 5.00. The van der Waals surface area contributed by atoms with Crippen molar-refractivity contribution in [1.82, 2.24) is 34.5 Å². The van der Waals surface area contributed by atoms with Gasteiger partial charge >= 0.3 is 6.18 Å². The summed E-state index contributed by atoms with van der Waals surface area (Å²) >= 11 is 0. The number of pyridine rings is 1. The van der Waals surface area contributed by atoms with E-state index in [9.17, 15) is 13.2 Å². The maximum Gasteiger partial charge on any atom is 0.435 e. The van der Waals surface area contributed by atoms with Gasteiger partial charge in [-0.15, -0.1) is 0 Å². The van der Waals surface area contributed by atoms with Crippen LogP contribution >= 0.6 is 0 Å². The topological polar surface area (TPSA) is 86.3 Å². The van der Waals surface area contributed by atoms with E-state index in [1.807, 2.05) is 12.1 Å². The van der Waals surface area contributed by atoms with Gasteiger partial charge in [-0.3, -0.25) is 19.3 Å². The molecule has 0 bridgehead atoms. The zero-order valence-corrected chi connectivity index (χ0v) is 17.7. The standard InChI is InChI=1S/C21H21F3N8/c1-13-19(16-12-31(3)30-20(16)21(22,23)24)14(2)32(29-13)9-8-27-18-5-4-15(10-28-18)17-11-25-6-7-26-17/h4-7,10-12H,8-9H2,1-3H3,(H,27,28). The molecular weight excluding hydrogens is 421 g/mol. The van der Waals surface area contributed by atoms with Crippen molar-refractivity contribution >= 4 is 5.82 Å². The minimum absolute atomic E-state index is 0.0375. The average Bonchev–Trinajstić information content (AvgIpc) is 3.28. The maximum atomic E-state index is 13.4. The lowest BCUT2D eigenvalue weighted by atomic mass is 10.0. The Bertz CT molecular complexity index is 1210. The number of hydrogen-bond donors (Lipinski definition) is 1. The Morgan fingerprint density at radius 3 is 2.50 bits per heavy atom. The van der Waals surface area contributed by atoms with Crippen LogP contribution in [0.25, 0.3) is 22.4 Å². The van der Waals surface area contributed by atoms with Crippen molar-refractivity contribution < 1.29 is 13.2 Å². The van der Waals surface area contributed by atoms with E-state index in [1.54, 1.807) is 43.3 Å². The Morgan fingerprint density at radius 2 is 1.84 bits per heavy atom. The summed E-state index contributed by atoms with van der Waals surface area (Å²) < 4.78 is 43.1. The van der Waals surface area contributed by atoms with Crippen LogP contribution < -0.4 is 5.32 Å². The fraction of sp³-hybridized carbons (Fsp3) is 0.286. The third kappa shape index (κ3) is 4.32. The lowest BCUT2D eigenvalue weighted by molar-refractivity contribution is -0.140. The van der Waals surface area contributed by atoms with Crippen LogP contribution in [0.2, 0.25) is 0 Å².